The second-order valence-electron chi connectivity index (χ2n) is 14.9. The van der Waals surface area contributed by atoms with Gasteiger partial charge in [0.05, 0.1) is 38.3 Å². The Labute approximate surface area is 362 Å². The summed E-state index contributed by atoms with van der Waals surface area (Å²) < 4.78 is 13.3. The van der Waals surface area contributed by atoms with Crippen LogP contribution in [0.2, 0.25) is 0 Å². The number of unbranched alkanes of at least 4 members (excludes halogenated alkanes) is 2. The molecule has 1 aliphatic heterocycles. The summed E-state index contributed by atoms with van der Waals surface area (Å²) >= 11 is 0.762. The van der Waals surface area contributed by atoms with Gasteiger partial charge in [0.25, 0.3) is 0 Å². The highest BCUT2D eigenvalue weighted by Gasteiger charge is 2.25. The van der Waals surface area contributed by atoms with Crippen LogP contribution in [-0.2, 0) is 46.5 Å². The first-order chi connectivity index (χ1) is 28.8. The van der Waals surface area contributed by atoms with E-state index in [2.05, 4.69) is 62.1 Å². The molecule has 4 rings (SSSR count). The number of Topliss-reactive ketones (excluding diaryl/α,β-unsaturated/α-hetero) is 1. The molecule has 0 aliphatic carbocycles. The number of anilines is 2. The number of hydrogen-bond acceptors (Lipinski definition) is 14. The Kier molecular flexibility index (Phi) is 22.0. The zero-order valence-corrected chi connectivity index (χ0v) is 35.6. The molecule has 2 aromatic heterocycles. The zero-order valence-electron chi connectivity index (χ0n) is 34.7. The molecule has 2 amide bonds. The van der Waals surface area contributed by atoms with Gasteiger partial charge >= 0.3 is 11.9 Å². The predicted molar refractivity (Wildman–Crippen MR) is 236 cm³/mol. The van der Waals surface area contributed by atoms with Crippen LogP contribution in [0.15, 0.2) is 30.5 Å². The molecule has 2 atom stereocenters. The lowest BCUT2D eigenvalue weighted by Gasteiger charge is -2.35. The maximum atomic E-state index is 12.8. The van der Waals surface area contributed by atoms with Crippen molar-refractivity contribution in [1.82, 2.24) is 29.7 Å². The van der Waals surface area contributed by atoms with Crippen LogP contribution in [0, 0.1) is 6.92 Å². The van der Waals surface area contributed by atoms with Crippen LogP contribution in [0.25, 0.3) is 11.0 Å². The van der Waals surface area contributed by atoms with Crippen molar-refractivity contribution in [2.75, 3.05) is 82.5 Å². The molecule has 3 aromatic rings. The lowest BCUT2D eigenvalue weighted by molar-refractivity contribution is -0.139. The number of nitrogen functional groups attached to an aromatic ring is 1. The van der Waals surface area contributed by atoms with E-state index < -0.39 is 35.6 Å². The number of benzene rings is 1. The Morgan fingerprint density at radius 3 is 2.34 bits per heavy atom. The molecule has 61 heavy (non-hydrogen) atoms. The van der Waals surface area contributed by atoms with Gasteiger partial charge in [0.15, 0.2) is 11.6 Å². The third kappa shape index (κ3) is 17.2. The maximum absolute atomic E-state index is 12.8. The summed E-state index contributed by atoms with van der Waals surface area (Å²) in [7, 11) is 0. The van der Waals surface area contributed by atoms with E-state index in [1.165, 1.54) is 16.7 Å². The van der Waals surface area contributed by atoms with E-state index in [0.717, 1.165) is 74.1 Å². The minimum absolute atomic E-state index is 0. The van der Waals surface area contributed by atoms with Crippen molar-refractivity contribution in [2.24, 2.45) is 5.73 Å². The van der Waals surface area contributed by atoms with Gasteiger partial charge in [-0.25, -0.2) is 4.98 Å². The van der Waals surface area contributed by atoms with Crippen LogP contribution in [0.3, 0.4) is 0 Å². The second kappa shape index (κ2) is 26.5. The number of aromatic nitrogens is 3. The highest BCUT2D eigenvalue weighted by molar-refractivity contribution is 8.00. The number of piperazine rings is 1. The SMILES string of the molecule is C.CCCCCNc1nc(N)nc2ccn(Cc3ccc(CN4CCN(C(=O)CCOCCOCCCC(=O)CNC(=O)C[C@@H](SC[C@H](N)C(=O)O)C(=O)O)CC4)cc3C)c12. The van der Waals surface area contributed by atoms with Crippen LogP contribution in [-0.4, -0.2) is 147 Å². The number of amides is 2. The van der Waals surface area contributed by atoms with E-state index in [0.29, 0.717) is 45.9 Å². The molecule has 1 aromatic carbocycles. The minimum atomic E-state index is -1.27. The summed E-state index contributed by atoms with van der Waals surface area (Å²) in [6, 6.07) is 7.36. The number of carbonyl (C=O) groups is 5. The molecular weight excluding hydrogens is 807 g/mol. The van der Waals surface area contributed by atoms with Gasteiger partial charge in [0, 0.05) is 77.2 Å². The smallest absolute Gasteiger partial charge is 0.321 e. The van der Waals surface area contributed by atoms with Gasteiger partial charge < -0.3 is 51.3 Å². The molecule has 0 saturated carbocycles. The Balaban J connectivity index is 0.00000992. The van der Waals surface area contributed by atoms with Gasteiger partial charge in [0.1, 0.15) is 16.8 Å². The van der Waals surface area contributed by atoms with Gasteiger partial charge in [0.2, 0.25) is 17.8 Å². The average molecular weight is 872 g/mol. The molecule has 18 nitrogen and oxygen atoms in total. The van der Waals surface area contributed by atoms with Gasteiger partial charge in [-0.05, 0) is 42.5 Å². The molecule has 3 heterocycles. The van der Waals surface area contributed by atoms with Crippen LogP contribution in [0.5, 0.6) is 0 Å². The topological polar surface area (TPSA) is 258 Å². The van der Waals surface area contributed by atoms with Gasteiger partial charge in [-0.1, -0.05) is 45.4 Å². The number of carboxylic acids is 2. The third-order valence-corrected chi connectivity index (χ3v) is 11.4. The number of rotatable bonds is 28. The Hall–Kier alpha value is -4.82. The number of aryl methyl sites for hydroxylation is 1. The Bertz CT molecular complexity index is 1890. The normalized spacial score (nSPS) is 14.0. The minimum Gasteiger partial charge on any atom is -0.480 e. The van der Waals surface area contributed by atoms with Crippen LogP contribution in [0.1, 0.15) is 76.0 Å². The molecule has 0 bridgehead atoms. The van der Waals surface area contributed by atoms with Crippen LogP contribution >= 0.6 is 11.8 Å². The number of ketones is 1. The van der Waals surface area contributed by atoms with E-state index in [9.17, 15) is 29.1 Å². The number of nitrogens with zero attached hydrogens (tertiary/aromatic N) is 5. The van der Waals surface area contributed by atoms with Gasteiger partial charge in [-0.2, -0.15) is 4.98 Å². The maximum Gasteiger partial charge on any atom is 0.321 e. The molecule has 1 saturated heterocycles. The Morgan fingerprint density at radius 2 is 1.66 bits per heavy atom. The number of fused-ring (bicyclic) bond motifs is 1. The van der Waals surface area contributed by atoms with E-state index in [1.54, 1.807) is 0 Å². The molecule has 8 N–H and O–H groups in total. The van der Waals surface area contributed by atoms with Crippen LogP contribution in [0.4, 0.5) is 11.8 Å². The first-order valence-electron chi connectivity index (χ1n) is 20.6. The zero-order chi connectivity index (χ0) is 43.4. The summed E-state index contributed by atoms with van der Waals surface area (Å²) in [5.74, 6) is -2.47. The molecule has 338 valence electrons. The number of carbonyl (C=O) groups excluding carboxylic acids is 3. The first-order valence-corrected chi connectivity index (χ1v) is 21.6. The van der Waals surface area contributed by atoms with Crippen molar-refractivity contribution in [3.05, 3.63) is 47.2 Å². The van der Waals surface area contributed by atoms with Crippen LogP contribution < -0.4 is 22.1 Å². The molecule has 1 aliphatic rings. The lowest BCUT2D eigenvalue weighted by atomic mass is 10.0. The number of ether oxygens (including phenoxy) is 2. The van der Waals surface area contributed by atoms with E-state index >= 15 is 0 Å². The van der Waals surface area contributed by atoms with Crippen molar-refractivity contribution in [3.8, 4) is 0 Å². The number of hydrogen-bond donors (Lipinski definition) is 6. The summed E-state index contributed by atoms with van der Waals surface area (Å²) in [6.45, 7) is 10.5. The highest BCUT2D eigenvalue weighted by atomic mass is 32.2. The van der Waals surface area contributed by atoms with Crippen molar-refractivity contribution in [1.29, 1.82) is 0 Å². The summed E-state index contributed by atoms with van der Waals surface area (Å²) in [5.41, 5.74) is 16.8. The predicted octanol–water partition coefficient (Wildman–Crippen LogP) is 3.13. The standard InChI is InChI=1S/C41H61N9O9S.CH4/c1-3-4-5-12-44-38-37-33(46-41(43)47-38)10-13-50(37)26-30-9-8-29(22-28(30)2)25-48-14-16-49(17-15-48)36(53)11-19-59-21-20-58-18-6-7-31(51)24-45-35(52)23-34(40(56)57)60-27-32(42)39(54)55;/h8-10,13,22,32,34H,3-7,11-12,14-21,23-27,42H2,1-2H3,(H,45,52)(H,54,55)(H,56,57)(H3,43,44,46,47);1H4/t32-,34+;/m0./s1. The number of thioether (sulfide) groups is 1. The van der Waals surface area contributed by atoms with E-state index in [1.807, 2.05) is 17.2 Å². The van der Waals surface area contributed by atoms with Crippen molar-refractivity contribution in [3.63, 3.8) is 0 Å². The Morgan fingerprint density at radius 1 is 0.918 bits per heavy atom. The highest BCUT2D eigenvalue weighted by Crippen LogP contribution is 2.25. The molecule has 0 unspecified atom stereocenters. The van der Waals surface area contributed by atoms with Crippen molar-refractivity contribution < 1.29 is 43.7 Å². The van der Waals surface area contributed by atoms with Crippen molar-refractivity contribution in [2.45, 2.75) is 90.6 Å². The monoisotopic (exact) mass is 871 g/mol. The van der Waals surface area contributed by atoms with Crippen molar-refractivity contribution >= 4 is 64.1 Å². The number of aliphatic carboxylic acids is 2. The third-order valence-electron chi connectivity index (χ3n) is 10.1. The molecular formula is C42H65N9O9S. The number of carboxylic acid groups (broad SMARTS) is 2. The molecule has 0 spiro atoms. The number of nitrogens with one attached hydrogen (secondary N) is 2. The fourth-order valence-corrected chi connectivity index (χ4v) is 7.63. The van der Waals surface area contributed by atoms with Gasteiger partial charge in [-0.3, -0.25) is 28.9 Å². The average Bonchev–Trinajstić information content (AvgIpc) is 3.62. The lowest BCUT2D eigenvalue weighted by Crippen LogP contribution is -2.48. The van der Waals surface area contributed by atoms with E-state index in [-0.39, 0.29) is 56.8 Å². The summed E-state index contributed by atoms with van der Waals surface area (Å²) in [6.07, 6.45) is 5.87. The quantitative estimate of drug-likeness (QED) is 0.0573. The second-order valence-corrected chi connectivity index (χ2v) is 16.1. The molecule has 19 heteroatoms. The van der Waals surface area contributed by atoms with E-state index in [4.69, 9.17) is 26.0 Å². The summed E-state index contributed by atoms with van der Waals surface area (Å²) in [5, 5.41) is 22.8. The fraction of sp³-hybridized carbons (Fsp3) is 0.595. The summed E-state index contributed by atoms with van der Waals surface area (Å²) in [4.78, 5) is 72.5. The first kappa shape index (κ1) is 50.5. The largest absolute Gasteiger partial charge is 0.480 e. The molecule has 1 fully saturated rings. The van der Waals surface area contributed by atoms with Gasteiger partial charge in [-0.15, -0.1) is 11.8 Å². The fourth-order valence-electron chi connectivity index (χ4n) is 6.64. The molecule has 0 radical (unpaired) electrons. The number of nitrogens with two attached hydrogens (primary N) is 2.